The third-order valence-corrected chi connectivity index (χ3v) is 4.13. The molecule has 8 heteroatoms. The Hall–Kier alpha value is -2.61. The lowest BCUT2D eigenvalue weighted by Gasteiger charge is -2.24. The van der Waals surface area contributed by atoms with Crippen molar-refractivity contribution in [1.29, 1.82) is 0 Å². The summed E-state index contributed by atoms with van der Waals surface area (Å²) in [6.07, 6.45) is 2.03. The standard InChI is InChI=1S/C19H30N4O4/c1-13(17(23-14(2)24)9-10-18(20)25)27-12-16-7-5-15(6-8-16)4-3-11-22-19(21)26/h5-8,13,17H,3-4,9-12H2,1-2H3,(H2,20,25)(H,23,24)(H3,21,22,26)/t13-,17+/m1/s1. The molecule has 150 valence electrons. The van der Waals surface area contributed by atoms with Crippen LogP contribution in [0.15, 0.2) is 24.3 Å². The van der Waals surface area contributed by atoms with Gasteiger partial charge < -0.3 is 26.8 Å². The van der Waals surface area contributed by atoms with Crippen molar-refractivity contribution in [3.8, 4) is 0 Å². The van der Waals surface area contributed by atoms with Crippen LogP contribution in [-0.4, -0.2) is 36.5 Å². The Balaban J connectivity index is 2.46. The highest BCUT2D eigenvalue weighted by atomic mass is 16.5. The Kier molecular flexibility index (Phi) is 9.89. The van der Waals surface area contributed by atoms with Gasteiger partial charge in [0.2, 0.25) is 11.8 Å². The molecule has 1 aromatic rings. The second kappa shape index (κ2) is 11.9. The fourth-order valence-electron chi connectivity index (χ4n) is 2.63. The van der Waals surface area contributed by atoms with Crippen molar-refractivity contribution in [1.82, 2.24) is 10.6 Å². The monoisotopic (exact) mass is 378 g/mol. The summed E-state index contributed by atoms with van der Waals surface area (Å²) in [5, 5.41) is 5.37. The Morgan fingerprint density at radius 1 is 1.11 bits per heavy atom. The van der Waals surface area contributed by atoms with Gasteiger partial charge in [0.25, 0.3) is 0 Å². The number of urea groups is 1. The molecular formula is C19H30N4O4. The molecule has 0 unspecified atom stereocenters. The van der Waals surface area contributed by atoms with E-state index in [-0.39, 0.29) is 24.5 Å². The zero-order valence-electron chi connectivity index (χ0n) is 16.0. The highest BCUT2D eigenvalue weighted by Crippen LogP contribution is 2.12. The van der Waals surface area contributed by atoms with Crippen molar-refractivity contribution >= 4 is 17.8 Å². The van der Waals surface area contributed by atoms with Crippen molar-refractivity contribution < 1.29 is 19.1 Å². The van der Waals surface area contributed by atoms with Gasteiger partial charge in [-0.15, -0.1) is 0 Å². The molecule has 0 heterocycles. The highest BCUT2D eigenvalue weighted by molar-refractivity contribution is 5.75. The zero-order valence-corrected chi connectivity index (χ0v) is 16.0. The number of nitrogens with two attached hydrogens (primary N) is 2. The number of ether oxygens (including phenoxy) is 1. The van der Waals surface area contributed by atoms with Crippen LogP contribution in [0.3, 0.4) is 0 Å². The van der Waals surface area contributed by atoms with Gasteiger partial charge in [-0.2, -0.15) is 0 Å². The molecule has 0 bridgehead atoms. The van der Waals surface area contributed by atoms with Crippen LogP contribution >= 0.6 is 0 Å². The molecule has 0 spiro atoms. The van der Waals surface area contributed by atoms with Crippen LogP contribution in [0.1, 0.15) is 44.2 Å². The van der Waals surface area contributed by atoms with Gasteiger partial charge in [-0.25, -0.2) is 4.79 Å². The van der Waals surface area contributed by atoms with E-state index in [1.807, 2.05) is 31.2 Å². The summed E-state index contributed by atoms with van der Waals surface area (Å²) >= 11 is 0. The maximum atomic E-state index is 11.3. The minimum Gasteiger partial charge on any atom is -0.372 e. The summed E-state index contributed by atoms with van der Waals surface area (Å²) in [6.45, 7) is 4.24. The van der Waals surface area contributed by atoms with E-state index in [2.05, 4.69) is 10.6 Å². The summed E-state index contributed by atoms with van der Waals surface area (Å²) in [7, 11) is 0. The molecule has 0 saturated carbocycles. The zero-order chi connectivity index (χ0) is 20.2. The molecular weight excluding hydrogens is 348 g/mol. The van der Waals surface area contributed by atoms with Crippen LogP contribution in [0.5, 0.6) is 0 Å². The molecule has 0 aromatic heterocycles. The molecule has 0 saturated heterocycles. The molecule has 0 aliphatic heterocycles. The molecule has 6 N–H and O–H groups in total. The second-order valence-electron chi connectivity index (χ2n) is 6.54. The van der Waals surface area contributed by atoms with Gasteiger partial charge in [-0.05, 0) is 37.3 Å². The molecule has 0 radical (unpaired) electrons. The number of primary amides is 2. The molecule has 1 aromatic carbocycles. The largest absolute Gasteiger partial charge is 0.372 e. The van der Waals surface area contributed by atoms with E-state index >= 15 is 0 Å². The molecule has 0 aliphatic carbocycles. The lowest BCUT2D eigenvalue weighted by Crippen LogP contribution is -2.42. The second-order valence-corrected chi connectivity index (χ2v) is 6.54. The molecule has 0 aliphatic rings. The number of rotatable bonds is 12. The van der Waals surface area contributed by atoms with Crippen molar-refractivity contribution in [2.24, 2.45) is 11.5 Å². The van der Waals surface area contributed by atoms with Gasteiger partial charge in [0, 0.05) is 19.9 Å². The van der Waals surface area contributed by atoms with Crippen LogP contribution in [0.2, 0.25) is 0 Å². The summed E-state index contributed by atoms with van der Waals surface area (Å²) < 4.78 is 5.86. The summed E-state index contributed by atoms with van der Waals surface area (Å²) in [6, 6.07) is 7.23. The Morgan fingerprint density at radius 2 is 1.74 bits per heavy atom. The summed E-state index contributed by atoms with van der Waals surface area (Å²) in [4.78, 5) is 33.0. The van der Waals surface area contributed by atoms with Gasteiger partial charge in [-0.3, -0.25) is 9.59 Å². The van der Waals surface area contributed by atoms with Crippen LogP contribution in [0.4, 0.5) is 4.79 Å². The quantitative estimate of drug-likeness (QED) is 0.403. The normalized spacial score (nSPS) is 12.8. The predicted octanol–water partition coefficient (Wildman–Crippen LogP) is 0.963. The first kappa shape index (κ1) is 22.4. The van der Waals surface area contributed by atoms with Gasteiger partial charge in [0.05, 0.1) is 18.8 Å². The Bertz CT molecular complexity index is 619. The van der Waals surface area contributed by atoms with E-state index in [1.54, 1.807) is 0 Å². The van der Waals surface area contributed by atoms with Gasteiger partial charge in [0.1, 0.15) is 0 Å². The van der Waals surface area contributed by atoms with E-state index in [9.17, 15) is 14.4 Å². The minimum absolute atomic E-state index is 0.171. The fraction of sp³-hybridized carbons (Fsp3) is 0.526. The van der Waals surface area contributed by atoms with E-state index in [4.69, 9.17) is 16.2 Å². The first-order chi connectivity index (χ1) is 12.8. The fourth-order valence-corrected chi connectivity index (χ4v) is 2.63. The smallest absolute Gasteiger partial charge is 0.312 e. The molecule has 1 rings (SSSR count). The number of hydrogen-bond donors (Lipinski definition) is 4. The van der Waals surface area contributed by atoms with Crippen molar-refractivity contribution in [2.75, 3.05) is 6.54 Å². The average molecular weight is 378 g/mol. The number of nitrogens with one attached hydrogen (secondary N) is 2. The summed E-state index contributed by atoms with van der Waals surface area (Å²) in [5.41, 5.74) is 12.4. The number of carbonyl (C=O) groups excluding carboxylic acids is 3. The third kappa shape index (κ3) is 10.2. The molecule has 27 heavy (non-hydrogen) atoms. The summed E-state index contributed by atoms with van der Waals surface area (Å²) in [5.74, 6) is -0.575. The molecule has 2 atom stereocenters. The van der Waals surface area contributed by atoms with Crippen molar-refractivity contribution in [2.45, 2.75) is 58.3 Å². The van der Waals surface area contributed by atoms with Crippen molar-refractivity contribution in [3.05, 3.63) is 35.4 Å². The van der Waals surface area contributed by atoms with E-state index < -0.39 is 11.9 Å². The third-order valence-electron chi connectivity index (χ3n) is 4.13. The lowest BCUT2D eigenvalue weighted by molar-refractivity contribution is -0.122. The van der Waals surface area contributed by atoms with Crippen molar-refractivity contribution in [3.63, 3.8) is 0 Å². The number of amides is 4. The molecule has 8 nitrogen and oxygen atoms in total. The number of aryl methyl sites for hydroxylation is 1. The predicted molar refractivity (Wildman–Crippen MR) is 103 cm³/mol. The van der Waals surface area contributed by atoms with E-state index in [0.29, 0.717) is 19.6 Å². The van der Waals surface area contributed by atoms with Crippen LogP contribution in [0.25, 0.3) is 0 Å². The molecule has 4 amide bonds. The molecule has 0 fully saturated rings. The SMILES string of the molecule is CC(=O)N[C@@H](CCC(N)=O)[C@@H](C)OCc1ccc(CCCNC(N)=O)cc1. The lowest BCUT2D eigenvalue weighted by atomic mass is 10.1. The van der Waals surface area contributed by atoms with Gasteiger partial charge in [-0.1, -0.05) is 24.3 Å². The first-order valence-electron chi connectivity index (χ1n) is 9.06. The number of carbonyl (C=O) groups is 3. The highest BCUT2D eigenvalue weighted by Gasteiger charge is 2.19. The Labute approximate surface area is 160 Å². The average Bonchev–Trinajstić information content (AvgIpc) is 2.60. The van der Waals surface area contributed by atoms with E-state index in [1.165, 1.54) is 6.92 Å². The first-order valence-corrected chi connectivity index (χ1v) is 9.06. The number of hydrogen-bond acceptors (Lipinski definition) is 4. The topological polar surface area (TPSA) is 137 Å². The van der Waals surface area contributed by atoms with Crippen LogP contribution < -0.4 is 22.1 Å². The van der Waals surface area contributed by atoms with Gasteiger partial charge >= 0.3 is 6.03 Å². The minimum atomic E-state index is -0.509. The number of benzene rings is 1. The maximum Gasteiger partial charge on any atom is 0.312 e. The van der Waals surface area contributed by atoms with Gasteiger partial charge in [0.15, 0.2) is 0 Å². The van der Waals surface area contributed by atoms with E-state index in [0.717, 1.165) is 24.0 Å². The van der Waals surface area contributed by atoms with Crippen LogP contribution in [0, 0.1) is 0 Å². The maximum absolute atomic E-state index is 11.3. The Morgan fingerprint density at radius 3 is 2.30 bits per heavy atom. The van der Waals surface area contributed by atoms with Crippen LogP contribution in [-0.2, 0) is 27.4 Å².